The molecule has 2 aromatic rings. The van der Waals surface area contributed by atoms with E-state index >= 15 is 0 Å². The average molecular weight is 342 g/mol. The number of carbonyl (C=O) groups is 2. The summed E-state index contributed by atoms with van der Waals surface area (Å²) >= 11 is 0. The van der Waals surface area contributed by atoms with Gasteiger partial charge in [-0.2, -0.15) is 0 Å². The van der Waals surface area contributed by atoms with Gasteiger partial charge in [0.05, 0.1) is 4.92 Å². The fourth-order valence-corrected chi connectivity index (χ4v) is 2.10. The molecule has 7 nitrogen and oxygen atoms in total. The minimum atomic E-state index is -0.808. The second kappa shape index (κ2) is 7.12. The number of nitro benzene ring substituents is 1. The van der Waals surface area contributed by atoms with Crippen LogP contribution in [0.25, 0.3) is 0 Å². The lowest BCUT2D eigenvalue weighted by Gasteiger charge is -2.19. The zero-order valence-electron chi connectivity index (χ0n) is 14.1. The van der Waals surface area contributed by atoms with Crippen molar-refractivity contribution in [3.05, 3.63) is 69.8 Å². The molecule has 0 atom stereocenters. The molecule has 0 unspecified atom stereocenters. The molecule has 0 aliphatic carbocycles. The molecule has 0 bridgehead atoms. The van der Waals surface area contributed by atoms with Crippen molar-refractivity contribution in [3.8, 4) is 0 Å². The third-order valence-electron chi connectivity index (χ3n) is 3.13. The zero-order valence-corrected chi connectivity index (χ0v) is 14.1. The maximum Gasteiger partial charge on any atom is 0.412 e. The number of rotatable bonds is 4. The molecule has 0 aliphatic rings. The van der Waals surface area contributed by atoms with Crippen LogP contribution in [0.5, 0.6) is 0 Å². The van der Waals surface area contributed by atoms with E-state index in [2.05, 4.69) is 5.32 Å². The number of hydrogen-bond acceptors (Lipinski definition) is 5. The molecular weight excluding hydrogens is 324 g/mol. The zero-order chi connectivity index (χ0) is 18.6. The van der Waals surface area contributed by atoms with Crippen LogP contribution in [0.3, 0.4) is 0 Å². The molecule has 0 saturated carbocycles. The highest BCUT2D eigenvalue weighted by atomic mass is 16.6. The van der Waals surface area contributed by atoms with Gasteiger partial charge in [0.1, 0.15) is 11.3 Å². The maximum atomic E-state index is 12.4. The number of carbonyl (C=O) groups excluding carboxylic acids is 2. The lowest BCUT2D eigenvalue weighted by molar-refractivity contribution is -0.383. The van der Waals surface area contributed by atoms with Crippen LogP contribution in [0.15, 0.2) is 48.5 Å². The first kappa shape index (κ1) is 18.1. The standard InChI is InChI=1S/C18H18N2O5/c1-18(2,3)25-17(22)19-14-10-9-13(11-15(14)20(23)24)16(21)12-7-5-4-6-8-12/h4-11H,1-3H3,(H,19,22). The summed E-state index contributed by atoms with van der Waals surface area (Å²) in [6.45, 7) is 5.05. The number of ketones is 1. The van der Waals surface area contributed by atoms with Crippen molar-refractivity contribution in [2.75, 3.05) is 5.32 Å². The third kappa shape index (κ3) is 4.87. The maximum absolute atomic E-state index is 12.4. The van der Waals surface area contributed by atoms with Gasteiger partial charge < -0.3 is 4.74 Å². The molecule has 0 aliphatic heterocycles. The van der Waals surface area contributed by atoms with Crippen molar-refractivity contribution in [1.29, 1.82) is 0 Å². The molecule has 1 N–H and O–H groups in total. The molecule has 1 amide bonds. The van der Waals surface area contributed by atoms with E-state index < -0.39 is 16.6 Å². The Morgan fingerprint density at radius 1 is 1.04 bits per heavy atom. The predicted molar refractivity (Wildman–Crippen MR) is 92.8 cm³/mol. The minimum Gasteiger partial charge on any atom is -0.444 e. The van der Waals surface area contributed by atoms with Gasteiger partial charge in [-0.3, -0.25) is 20.2 Å². The Morgan fingerprint density at radius 2 is 1.68 bits per heavy atom. The highest BCUT2D eigenvalue weighted by molar-refractivity contribution is 6.09. The molecule has 0 radical (unpaired) electrons. The average Bonchev–Trinajstić information content (AvgIpc) is 2.53. The number of hydrogen-bond donors (Lipinski definition) is 1. The van der Waals surface area contributed by atoms with E-state index in [-0.39, 0.29) is 22.7 Å². The van der Waals surface area contributed by atoms with Crippen LogP contribution in [-0.2, 0) is 4.74 Å². The second-order valence-corrected chi connectivity index (χ2v) is 6.31. The monoisotopic (exact) mass is 342 g/mol. The summed E-state index contributed by atoms with van der Waals surface area (Å²) in [4.78, 5) is 34.9. The highest BCUT2D eigenvalue weighted by Crippen LogP contribution is 2.27. The fourth-order valence-electron chi connectivity index (χ4n) is 2.10. The summed E-state index contributed by atoms with van der Waals surface area (Å²) in [5, 5.41) is 13.6. The van der Waals surface area contributed by atoms with E-state index in [1.807, 2.05) is 0 Å². The van der Waals surface area contributed by atoms with E-state index in [0.29, 0.717) is 5.56 Å². The van der Waals surface area contributed by atoms with Crippen LogP contribution in [0.4, 0.5) is 16.2 Å². The molecule has 2 rings (SSSR count). The minimum absolute atomic E-state index is 0.0381. The SMILES string of the molecule is CC(C)(C)OC(=O)Nc1ccc(C(=O)c2ccccc2)cc1[N+](=O)[O-]. The van der Waals surface area contributed by atoms with Crippen LogP contribution in [-0.4, -0.2) is 22.4 Å². The molecule has 0 aromatic heterocycles. The largest absolute Gasteiger partial charge is 0.444 e. The Labute approximate surface area is 144 Å². The van der Waals surface area contributed by atoms with E-state index in [0.717, 1.165) is 6.07 Å². The lowest BCUT2D eigenvalue weighted by atomic mass is 10.0. The molecule has 25 heavy (non-hydrogen) atoms. The summed E-state index contributed by atoms with van der Waals surface area (Å²) in [6.07, 6.45) is -0.808. The lowest BCUT2D eigenvalue weighted by Crippen LogP contribution is -2.27. The molecule has 7 heteroatoms. The molecule has 0 fully saturated rings. The van der Waals surface area contributed by atoms with Crippen molar-refractivity contribution in [2.45, 2.75) is 26.4 Å². The van der Waals surface area contributed by atoms with Gasteiger partial charge in [-0.25, -0.2) is 4.79 Å². The van der Waals surface area contributed by atoms with Crippen LogP contribution < -0.4 is 5.32 Å². The van der Waals surface area contributed by atoms with Crippen molar-refractivity contribution in [3.63, 3.8) is 0 Å². The van der Waals surface area contributed by atoms with Gasteiger partial charge in [0.25, 0.3) is 5.69 Å². The summed E-state index contributed by atoms with van der Waals surface area (Å²) in [5.41, 5.74) is -0.573. The molecule has 130 valence electrons. The highest BCUT2D eigenvalue weighted by Gasteiger charge is 2.22. The second-order valence-electron chi connectivity index (χ2n) is 6.31. The smallest absolute Gasteiger partial charge is 0.412 e. The number of amides is 1. The normalized spacial score (nSPS) is 10.8. The summed E-state index contributed by atoms with van der Waals surface area (Å²) < 4.78 is 5.08. The van der Waals surface area contributed by atoms with Crippen LogP contribution >= 0.6 is 0 Å². The molecular formula is C18H18N2O5. The Kier molecular flexibility index (Phi) is 5.17. The van der Waals surface area contributed by atoms with Crippen LogP contribution in [0.1, 0.15) is 36.7 Å². The van der Waals surface area contributed by atoms with Crippen molar-refractivity contribution < 1.29 is 19.2 Å². The van der Waals surface area contributed by atoms with Gasteiger partial charge in [-0.05, 0) is 32.9 Å². The molecule has 2 aromatic carbocycles. The van der Waals surface area contributed by atoms with Crippen molar-refractivity contribution in [2.24, 2.45) is 0 Å². The number of benzene rings is 2. The van der Waals surface area contributed by atoms with Crippen molar-refractivity contribution >= 4 is 23.3 Å². The fraction of sp³-hybridized carbons (Fsp3) is 0.222. The first-order valence-electron chi connectivity index (χ1n) is 7.55. The summed E-state index contributed by atoms with van der Waals surface area (Å²) in [5.74, 6) is -0.340. The number of ether oxygens (including phenoxy) is 1. The third-order valence-corrected chi connectivity index (χ3v) is 3.13. The molecule has 0 heterocycles. The Morgan fingerprint density at radius 3 is 2.24 bits per heavy atom. The van der Waals surface area contributed by atoms with Crippen LogP contribution in [0, 0.1) is 10.1 Å². The van der Waals surface area contributed by atoms with Crippen LogP contribution in [0.2, 0.25) is 0 Å². The van der Waals surface area contributed by atoms with E-state index in [1.165, 1.54) is 12.1 Å². The number of anilines is 1. The van der Waals surface area contributed by atoms with E-state index in [9.17, 15) is 19.7 Å². The van der Waals surface area contributed by atoms with Gasteiger partial charge in [0, 0.05) is 17.2 Å². The predicted octanol–water partition coefficient (Wildman–Crippen LogP) is 4.17. The number of nitro groups is 1. The quantitative estimate of drug-likeness (QED) is 0.511. The molecule has 0 spiro atoms. The summed E-state index contributed by atoms with van der Waals surface area (Å²) in [6, 6.07) is 12.3. The first-order chi connectivity index (χ1) is 11.7. The Hall–Kier alpha value is -3.22. The van der Waals surface area contributed by atoms with Gasteiger partial charge >= 0.3 is 6.09 Å². The van der Waals surface area contributed by atoms with Gasteiger partial charge in [-0.1, -0.05) is 30.3 Å². The van der Waals surface area contributed by atoms with E-state index in [1.54, 1.807) is 51.1 Å². The molecule has 0 saturated heterocycles. The van der Waals surface area contributed by atoms with Gasteiger partial charge in [0.2, 0.25) is 0 Å². The first-order valence-corrected chi connectivity index (χ1v) is 7.55. The topological polar surface area (TPSA) is 98.5 Å². The number of nitrogens with zero attached hydrogens (tertiary/aromatic N) is 1. The van der Waals surface area contributed by atoms with Gasteiger partial charge in [0.15, 0.2) is 5.78 Å². The summed E-state index contributed by atoms with van der Waals surface area (Å²) in [7, 11) is 0. The van der Waals surface area contributed by atoms with Gasteiger partial charge in [-0.15, -0.1) is 0 Å². The van der Waals surface area contributed by atoms with E-state index in [4.69, 9.17) is 4.74 Å². The van der Waals surface area contributed by atoms with Crippen molar-refractivity contribution in [1.82, 2.24) is 0 Å². The Balaban J connectivity index is 2.30. The number of nitrogens with one attached hydrogen (secondary N) is 1. The Bertz CT molecular complexity index is 810.